The molecule has 0 aliphatic rings. The zero-order valence-electron chi connectivity index (χ0n) is 40.5. The van der Waals surface area contributed by atoms with E-state index < -0.39 is 0 Å². The summed E-state index contributed by atoms with van der Waals surface area (Å²) >= 11 is 0. The quantitative estimate of drug-likeness (QED) is 0.0337. The summed E-state index contributed by atoms with van der Waals surface area (Å²) < 4.78 is 11.0. The molecule has 0 radical (unpaired) electrons. The number of nitrogens with zero attached hydrogens (tertiary/aromatic N) is 2. The van der Waals surface area contributed by atoms with Crippen molar-refractivity contribution in [2.45, 2.75) is 272 Å². The molecule has 0 bridgehead atoms. The predicted molar refractivity (Wildman–Crippen MR) is 259 cm³/mol. The van der Waals surface area contributed by atoms with Gasteiger partial charge in [0.2, 0.25) is 0 Å². The third-order valence-electron chi connectivity index (χ3n) is 11.9. The highest BCUT2D eigenvalue weighted by atomic mass is 16.5. The van der Waals surface area contributed by atoms with E-state index in [1.807, 2.05) is 6.07 Å². The maximum Gasteiger partial charge on any atom is 0.306 e. The number of aromatic amines is 1. The van der Waals surface area contributed by atoms with Gasteiger partial charge in [0.05, 0.1) is 0 Å². The molecule has 1 aromatic rings. The Bertz CT molecular complexity index is 1010. The van der Waals surface area contributed by atoms with Crippen LogP contribution in [0, 0.1) is 0 Å². The maximum atomic E-state index is 12.7. The average Bonchev–Trinajstić information content (AvgIpc) is 3.67. The van der Waals surface area contributed by atoms with E-state index in [4.69, 9.17) is 15.2 Å². The smallest absolute Gasteiger partial charge is 0.306 e. The van der Waals surface area contributed by atoms with Crippen molar-refractivity contribution in [3.8, 4) is 0 Å². The van der Waals surface area contributed by atoms with Crippen LogP contribution in [0.15, 0.2) is 6.07 Å². The number of esters is 1. The molecule has 0 spiro atoms. The van der Waals surface area contributed by atoms with Crippen molar-refractivity contribution >= 4 is 24.1 Å². The van der Waals surface area contributed by atoms with Gasteiger partial charge in [0.1, 0.15) is 23.8 Å². The minimum atomic E-state index is 0.0400. The van der Waals surface area contributed by atoms with Crippen molar-refractivity contribution < 1.29 is 19.1 Å². The van der Waals surface area contributed by atoms with Crippen LogP contribution in [0.25, 0.3) is 0 Å². The summed E-state index contributed by atoms with van der Waals surface area (Å²) in [5, 5.41) is 10.3. The molecule has 1 unspecified atom stereocenters. The molecule has 0 fully saturated rings. The number of nitrogen functional groups attached to an aromatic ring is 1. The van der Waals surface area contributed by atoms with Gasteiger partial charge < -0.3 is 25.4 Å². The summed E-state index contributed by atoms with van der Waals surface area (Å²) in [4.78, 5) is 25.5. The van der Waals surface area contributed by atoms with Gasteiger partial charge in [0.25, 0.3) is 6.47 Å². The Morgan fingerprint density at radius 3 is 1.47 bits per heavy atom. The average molecular weight is 848 g/mol. The van der Waals surface area contributed by atoms with Crippen molar-refractivity contribution in [3.63, 3.8) is 0 Å². The molecule has 0 amide bonds. The monoisotopic (exact) mass is 848 g/mol. The molecule has 0 aromatic carbocycles. The molecule has 0 saturated carbocycles. The Morgan fingerprint density at radius 2 is 1.03 bits per heavy atom. The van der Waals surface area contributed by atoms with Crippen molar-refractivity contribution in [1.82, 2.24) is 15.1 Å². The number of unbranched alkanes of at least 4 members (excludes halogenated alkanes) is 24. The van der Waals surface area contributed by atoms with Gasteiger partial charge in [-0.3, -0.25) is 14.7 Å². The van der Waals surface area contributed by atoms with Crippen LogP contribution in [0.1, 0.15) is 259 Å². The van der Waals surface area contributed by atoms with E-state index in [1.54, 1.807) is 0 Å². The van der Waals surface area contributed by atoms with E-state index in [0.29, 0.717) is 18.7 Å². The predicted octanol–water partition coefficient (Wildman–Crippen LogP) is 14.9. The molecular formula is C51H101N5O4. The van der Waals surface area contributed by atoms with Gasteiger partial charge in [0.15, 0.2) is 0 Å². The third kappa shape index (κ3) is 39.8. The van der Waals surface area contributed by atoms with Gasteiger partial charge in [-0.25, -0.2) is 0 Å². The lowest BCUT2D eigenvalue weighted by molar-refractivity contribution is -0.150. The number of nitrogens with one attached hydrogen (secondary N) is 2. The SMILES string of the molecule is CCCCCCCCC(CC)OC=O.CCCCCCCCC(CCCCCCCC)OC(=O)CCCCCCCN(CCCCCCCC)CCCNc1cc(N)[nH]n1. The molecule has 9 nitrogen and oxygen atoms in total. The van der Waals surface area contributed by atoms with Gasteiger partial charge >= 0.3 is 5.97 Å². The van der Waals surface area contributed by atoms with Crippen LogP contribution in [0.5, 0.6) is 0 Å². The topological polar surface area (TPSA) is 123 Å². The molecule has 1 atom stereocenters. The number of hydrogen-bond donors (Lipinski definition) is 3. The highest BCUT2D eigenvalue weighted by Gasteiger charge is 2.14. The fourth-order valence-electron chi connectivity index (χ4n) is 7.94. The summed E-state index contributed by atoms with van der Waals surface area (Å²) in [6.45, 7) is 16.1. The molecule has 0 saturated heterocycles. The molecule has 4 N–H and O–H groups in total. The van der Waals surface area contributed by atoms with Crippen LogP contribution in [0.2, 0.25) is 0 Å². The standard InChI is InChI=1S/C39H77N5O2.C12H24O2/c1-4-7-10-13-17-22-28-36(29-23-18-14-11-8-5-2)46-39(45)30-24-19-16-21-26-33-44(32-25-20-15-12-9-6-3)34-27-31-41-38-35-37(40)42-43-38;1-3-5-6-7-8-9-10-12(4-2)14-11-13/h35-36H,4-34H2,1-3H3,(H4,40,41,42,43);11-12H,3-10H2,1-2H3. The van der Waals surface area contributed by atoms with Crippen molar-refractivity contribution in [2.24, 2.45) is 0 Å². The zero-order chi connectivity index (χ0) is 44.0. The van der Waals surface area contributed by atoms with Crippen molar-refractivity contribution in [3.05, 3.63) is 6.07 Å². The Hall–Kier alpha value is -2.29. The van der Waals surface area contributed by atoms with E-state index in [-0.39, 0.29) is 18.2 Å². The minimum absolute atomic E-state index is 0.0400. The summed E-state index contributed by atoms with van der Waals surface area (Å²) in [5.41, 5.74) is 5.74. The van der Waals surface area contributed by atoms with Gasteiger partial charge in [0, 0.05) is 19.0 Å². The van der Waals surface area contributed by atoms with Crippen LogP contribution in [0.4, 0.5) is 11.6 Å². The third-order valence-corrected chi connectivity index (χ3v) is 11.9. The largest absolute Gasteiger partial charge is 0.465 e. The number of carbonyl (C=O) groups excluding carboxylic acids is 2. The van der Waals surface area contributed by atoms with Gasteiger partial charge in [-0.2, -0.15) is 5.10 Å². The lowest BCUT2D eigenvalue weighted by Crippen LogP contribution is -2.28. The maximum absolute atomic E-state index is 12.7. The Kier molecular flexibility index (Phi) is 44.5. The Balaban J connectivity index is 0.00000211. The van der Waals surface area contributed by atoms with E-state index in [0.717, 1.165) is 63.9 Å². The van der Waals surface area contributed by atoms with Crippen LogP contribution < -0.4 is 11.1 Å². The lowest BCUT2D eigenvalue weighted by Gasteiger charge is -2.22. The van der Waals surface area contributed by atoms with Crippen LogP contribution in [-0.4, -0.2) is 65.9 Å². The highest BCUT2D eigenvalue weighted by molar-refractivity contribution is 5.69. The number of nitrogens with two attached hydrogens (primary N) is 1. The second-order valence-corrected chi connectivity index (χ2v) is 17.7. The molecule has 1 rings (SSSR count). The number of rotatable bonds is 45. The highest BCUT2D eigenvalue weighted by Crippen LogP contribution is 2.19. The second kappa shape index (κ2) is 46.2. The van der Waals surface area contributed by atoms with Crippen LogP contribution >= 0.6 is 0 Å². The molecule has 1 heterocycles. The summed E-state index contributed by atoms with van der Waals surface area (Å²) in [6.07, 6.45) is 43.2. The fourth-order valence-corrected chi connectivity index (χ4v) is 7.94. The van der Waals surface area contributed by atoms with E-state index in [1.165, 1.54) is 186 Å². The van der Waals surface area contributed by atoms with E-state index in [9.17, 15) is 9.59 Å². The molecule has 0 aliphatic heterocycles. The van der Waals surface area contributed by atoms with Crippen LogP contribution in [0.3, 0.4) is 0 Å². The molecule has 60 heavy (non-hydrogen) atoms. The first-order valence-electron chi connectivity index (χ1n) is 26.0. The fraction of sp³-hybridized carbons (Fsp3) is 0.902. The molecular weight excluding hydrogens is 747 g/mol. The van der Waals surface area contributed by atoms with Crippen molar-refractivity contribution in [2.75, 3.05) is 37.2 Å². The summed E-state index contributed by atoms with van der Waals surface area (Å²) in [5.74, 6) is 1.47. The number of anilines is 2. The normalized spacial score (nSPS) is 11.8. The van der Waals surface area contributed by atoms with Crippen LogP contribution in [-0.2, 0) is 19.1 Å². The van der Waals surface area contributed by atoms with Gasteiger partial charge in [-0.1, -0.05) is 182 Å². The number of ether oxygens (including phenoxy) is 2. The van der Waals surface area contributed by atoms with Gasteiger partial charge in [-0.15, -0.1) is 0 Å². The molecule has 9 heteroatoms. The minimum Gasteiger partial charge on any atom is -0.465 e. The summed E-state index contributed by atoms with van der Waals surface area (Å²) in [7, 11) is 0. The second-order valence-electron chi connectivity index (χ2n) is 17.7. The van der Waals surface area contributed by atoms with Crippen molar-refractivity contribution in [1.29, 1.82) is 0 Å². The first kappa shape index (κ1) is 57.7. The first-order chi connectivity index (χ1) is 29.4. The zero-order valence-corrected chi connectivity index (χ0v) is 40.5. The first-order valence-corrected chi connectivity index (χ1v) is 26.0. The summed E-state index contributed by atoms with van der Waals surface area (Å²) in [6, 6.07) is 1.85. The number of hydrogen-bond acceptors (Lipinski definition) is 8. The number of aromatic nitrogens is 2. The number of H-pyrrole nitrogens is 1. The molecule has 1 aromatic heterocycles. The Labute approximate surface area is 372 Å². The lowest BCUT2D eigenvalue weighted by atomic mass is 10.0. The molecule has 354 valence electrons. The van der Waals surface area contributed by atoms with E-state index >= 15 is 0 Å². The number of carbonyl (C=O) groups is 2. The van der Waals surface area contributed by atoms with E-state index in [2.05, 4.69) is 55.0 Å². The van der Waals surface area contributed by atoms with Gasteiger partial charge in [-0.05, 0) is 90.3 Å². The Morgan fingerprint density at radius 1 is 0.617 bits per heavy atom. The molecule has 0 aliphatic carbocycles.